The third-order valence-electron chi connectivity index (χ3n) is 6.96. The van der Waals surface area contributed by atoms with Crippen molar-refractivity contribution in [3.05, 3.63) is 41.3 Å². The predicted octanol–water partition coefficient (Wildman–Crippen LogP) is 4.52. The zero-order valence-corrected chi connectivity index (χ0v) is 19.3. The van der Waals surface area contributed by atoms with Crippen LogP contribution in [-0.4, -0.2) is 39.5 Å². The van der Waals surface area contributed by atoms with Gasteiger partial charge in [0.2, 0.25) is 0 Å². The molecular weight excluding hydrogens is 440 g/mol. The van der Waals surface area contributed by atoms with Gasteiger partial charge in [0.1, 0.15) is 23.3 Å². The van der Waals surface area contributed by atoms with E-state index >= 15 is 0 Å². The van der Waals surface area contributed by atoms with Crippen molar-refractivity contribution in [2.24, 2.45) is 17.6 Å². The number of H-pyrrole nitrogens is 1. The number of hydrogen-bond acceptors (Lipinski definition) is 5. The average molecular weight is 470 g/mol. The van der Waals surface area contributed by atoms with Crippen LogP contribution in [0.3, 0.4) is 0 Å². The fraction of sp³-hybridized carbons (Fsp3) is 0.480. The molecule has 2 aliphatic carbocycles. The smallest absolute Gasteiger partial charge is 0.263 e. The fourth-order valence-electron chi connectivity index (χ4n) is 4.75. The molecule has 0 radical (unpaired) electrons. The molecule has 3 atom stereocenters. The summed E-state index contributed by atoms with van der Waals surface area (Å²) in [6.07, 6.45) is 2.52. The van der Waals surface area contributed by atoms with E-state index in [2.05, 4.69) is 27.2 Å². The Morgan fingerprint density at radius 3 is 2.76 bits per heavy atom. The topological polar surface area (TPSA) is 106 Å². The lowest BCUT2D eigenvalue weighted by molar-refractivity contribution is 0.0938. The van der Waals surface area contributed by atoms with E-state index in [4.69, 9.17) is 10.5 Å². The molecule has 2 fully saturated rings. The molecule has 1 aromatic carbocycles. The zero-order chi connectivity index (χ0) is 24.0. The highest BCUT2D eigenvalue weighted by Gasteiger charge is 2.31. The number of aryl methyl sites for hydroxylation is 1. The minimum atomic E-state index is -2.62. The molecule has 2 aromatic heterocycles. The van der Waals surface area contributed by atoms with Gasteiger partial charge >= 0.3 is 0 Å². The normalized spacial score (nSPS) is 22.5. The number of nitrogens with zero attached hydrogens (tertiary/aromatic N) is 2. The molecule has 0 aliphatic heterocycles. The lowest BCUT2D eigenvalue weighted by Gasteiger charge is -2.14. The zero-order valence-electron chi connectivity index (χ0n) is 19.3. The first-order chi connectivity index (χ1) is 16.3. The number of nitrogens with two attached hydrogens (primary N) is 1. The maximum Gasteiger partial charge on any atom is 0.263 e. The number of rotatable bonds is 7. The SMILES string of the molecule is Cc1[nH]c2c(-c3cc(C(F)F)ccc3OCC3CC3)ncnc2c1C(=O)N[C@@H]1C[C@H](C)[C@@H](N)C1. The molecular formula is C25H29F2N5O2. The maximum atomic E-state index is 13.5. The fourth-order valence-corrected chi connectivity index (χ4v) is 4.75. The van der Waals surface area contributed by atoms with E-state index in [1.165, 1.54) is 18.5 Å². The number of carbonyl (C=O) groups excluding carboxylic acids is 1. The molecule has 0 unspecified atom stereocenters. The standard InChI is InChI=1S/C25H29F2N5O2/c1-12-7-16(9-18(12)28)32-25(33)20-13(2)31-23-21(29-11-30-22(20)23)17-8-15(24(26)27)5-6-19(17)34-10-14-3-4-14/h5-6,8,11-12,14,16,18,24,31H,3-4,7,9-10,28H2,1-2H3,(H,32,33)/t12-,16+,18-/m0/s1. The van der Waals surface area contributed by atoms with E-state index in [9.17, 15) is 13.6 Å². The summed E-state index contributed by atoms with van der Waals surface area (Å²) >= 11 is 0. The van der Waals surface area contributed by atoms with Crippen molar-refractivity contribution in [1.29, 1.82) is 0 Å². The van der Waals surface area contributed by atoms with Gasteiger partial charge in [0.15, 0.2) is 0 Å². The number of fused-ring (bicyclic) bond motifs is 1. The molecule has 0 saturated heterocycles. The number of aromatic amines is 1. The van der Waals surface area contributed by atoms with Crippen LogP contribution in [0, 0.1) is 18.8 Å². The average Bonchev–Trinajstić information content (AvgIpc) is 3.49. The molecule has 7 nitrogen and oxygen atoms in total. The number of aromatic nitrogens is 3. The molecule has 0 bridgehead atoms. The minimum Gasteiger partial charge on any atom is -0.493 e. The van der Waals surface area contributed by atoms with Crippen molar-refractivity contribution in [2.75, 3.05) is 6.61 Å². The summed E-state index contributed by atoms with van der Waals surface area (Å²) in [6, 6.07) is 4.43. The first-order valence-corrected chi connectivity index (χ1v) is 11.8. The van der Waals surface area contributed by atoms with Crippen LogP contribution < -0.4 is 15.8 Å². The number of halogens is 2. The molecule has 3 aromatic rings. The first-order valence-electron chi connectivity index (χ1n) is 11.8. The third kappa shape index (κ3) is 4.36. The van der Waals surface area contributed by atoms with Crippen LogP contribution in [0.4, 0.5) is 8.78 Å². The summed E-state index contributed by atoms with van der Waals surface area (Å²) < 4.78 is 33.0. The van der Waals surface area contributed by atoms with Gasteiger partial charge < -0.3 is 20.8 Å². The minimum absolute atomic E-state index is 0.00769. The Kier molecular flexibility index (Phi) is 5.97. The number of alkyl halides is 2. The summed E-state index contributed by atoms with van der Waals surface area (Å²) in [6.45, 7) is 4.42. The summed E-state index contributed by atoms with van der Waals surface area (Å²) in [7, 11) is 0. The highest BCUT2D eigenvalue weighted by Crippen LogP contribution is 2.38. The molecule has 0 spiro atoms. The van der Waals surface area contributed by atoms with Gasteiger partial charge in [0, 0.05) is 28.9 Å². The van der Waals surface area contributed by atoms with Crippen LogP contribution in [0.2, 0.25) is 0 Å². The molecule has 34 heavy (non-hydrogen) atoms. The molecule has 9 heteroatoms. The summed E-state index contributed by atoms with van der Waals surface area (Å²) in [4.78, 5) is 25.2. The molecule has 1 amide bonds. The van der Waals surface area contributed by atoms with E-state index < -0.39 is 6.43 Å². The van der Waals surface area contributed by atoms with E-state index in [0.717, 1.165) is 25.7 Å². The maximum absolute atomic E-state index is 13.5. The van der Waals surface area contributed by atoms with E-state index in [1.54, 1.807) is 13.0 Å². The van der Waals surface area contributed by atoms with Crippen LogP contribution in [0.25, 0.3) is 22.3 Å². The number of nitrogens with one attached hydrogen (secondary N) is 2. The second kappa shape index (κ2) is 8.94. The number of carbonyl (C=O) groups is 1. The van der Waals surface area contributed by atoms with Crippen molar-refractivity contribution in [3.8, 4) is 17.0 Å². The lowest BCUT2D eigenvalue weighted by Crippen LogP contribution is -2.34. The Balaban J connectivity index is 1.53. The number of ether oxygens (including phenoxy) is 1. The van der Waals surface area contributed by atoms with Crippen molar-refractivity contribution in [1.82, 2.24) is 20.3 Å². The Morgan fingerprint density at radius 2 is 2.09 bits per heavy atom. The van der Waals surface area contributed by atoms with Crippen LogP contribution in [0.1, 0.15) is 60.6 Å². The molecule has 4 N–H and O–H groups in total. The second-order valence-corrected chi connectivity index (χ2v) is 9.66. The van der Waals surface area contributed by atoms with Crippen molar-refractivity contribution in [3.63, 3.8) is 0 Å². The largest absolute Gasteiger partial charge is 0.493 e. The van der Waals surface area contributed by atoms with Crippen molar-refractivity contribution >= 4 is 16.9 Å². The monoisotopic (exact) mass is 469 g/mol. The second-order valence-electron chi connectivity index (χ2n) is 9.66. The van der Waals surface area contributed by atoms with E-state index in [-0.39, 0.29) is 23.6 Å². The predicted molar refractivity (Wildman–Crippen MR) is 125 cm³/mol. The Bertz CT molecular complexity index is 1210. The molecule has 5 rings (SSSR count). The van der Waals surface area contributed by atoms with Gasteiger partial charge in [-0.15, -0.1) is 0 Å². The van der Waals surface area contributed by atoms with Crippen LogP contribution in [-0.2, 0) is 0 Å². The molecule has 2 heterocycles. The van der Waals surface area contributed by atoms with Gasteiger partial charge in [0.05, 0.1) is 17.7 Å². The highest BCUT2D eigenvalue weighted by atomic mass is 19.3. The molecule has 2 aliphatic rings. The summed E-state index contributed by atoms with van der Waals surface area (Å²) in [5.41, 5.74) is 8.91. The van der Waals surface area contributed by atoms with Gasteiger partial charge in [-0.25, -0.2) is 18.7 Å². The lowest BCUT2D eigenvalue weighted by atomic mass is 10.0. The highest BCUT2D eigenvalue weighted by molar-refractivity contribution is 6.09. The summed E-state index contributed by atoms with van der Waals surface area (Å²) in [5, 5.41) is 3.09. The van der Waals surface area contributed by atoms with Gasteiger partial charge in [0.25, 0.3) is 12.3 Å². The molecule has 180 valence electrons. The number of hydrogen-bond donors (Lipinski definition) is 3. The van der Waals surface area contributed by atoms with Crippen molar-refractivity contribution in [2.45, 2.75) is 58.0 Å². The van der Waals surface area contributed by atoms with Gasteiger partial charge in [-0.1, -0.05) is 6.92 Å². The number of benzene rings is 1. The van der Waals surface area contributed by atoms with Crippen molar-refractivity contribution < 1.29 is 18.3 Å². The third-order valence-corrected chi connectivity index (χ3v) is 6.96. The van der Waals surface area contributed by atoms with Crippen LogP contribution >= 0.6 is 0 Å². The van der Waals surface area contributed by atoms with Crippen LogP contribution in [0.5, 0.6) is 5.75 Å². The van der Waals surface area contributed by atoms with E-state index in [1.807, 2.05) is 0 Å². The Morgan fingerprint density at radius 1 is 1.29 bits per heavy atom. The summed E-state index contributed by atoms with van der Waals surface area (Å²) in [5.74, 6) is 1.11. The van der Waals surface area contributed by atoms with Gasteiger partial charge in [-0.05, 0) is 62.6 Å². The van der Waals surface area contributed by atoms with Gasteiger partial charge in [-0.2, -0.15) is 0 Å². The first kappa shape index (κ1) is 22.7. The molecule has 2 saturated carbocycles. The Hall–Kier alpha value is -3.07. The van der Waals surface area contributed by atoms with Gasteiger partial charge in [-0.3, -0.25) is 4.79 Å². The Labute approximate surface area is 196 Å². The van der Waals surface area contributed by atoms with Crippen LogP contribution in [0.15, 0.2) is 24.5 Å². The number of amides is 1. The van der Waals surface area contributed by atoms with E-state index in [0.29, 0.717) is 57.7 Å². The quantitative estimate of drug-likeness (QED) is 0.472.